The van der Waals surface area contributed by atoms with Crippen molar-refractivity contribution < 1.29 is 14.3 Å². The molecule has 116 valence electrons. The average molecular weight is 301 g/mol. The second-order valence-corrected chi connectivity index (χ2v) is 5.22. The summed E-state index contributed by atoms with van der Waals surface area (Å²) < 4.78 is 13.3. The van der Waals surface area contributed by atoms with Gasteiger partial charge in [-0.1, -0.05) is 12.1 Å². The minimum absolute atomic E-state index is 0.150. The third-order valence-electron chi connectivity index (χ3n) is 3.52. The molecule has 0 saturated carbocycles. The molecule has 0 saturated heterocycles. The number of aromatic nitrogens is 2. The second kappa shape index (κ2) is 6.51. The van der Waals surface area contributed by atoms with Crippen LogP contribution in [0.2, 0.25) is 0 Å². The summed E-state index contributed by atoms with van der Waals surface area (Å²) in [5.74, 6) is 1.14. The van der Waals surface area contributed by atoms with Gasteiger partial charge in [-0.25, -0.2) is 0 Å². The molecule has 1 aliphatic rings. The minimum atomic E-state index is -0.625. The summed E-state index contributed by atoms with van der Waals surface area (Å²) in [7, 11) is 0. The zero-order chi connectivity index (χ0) is 15.4. The predicted molar refractivity (Wildman–Crippen MR) is 80.8 cm³/mol. The topological polar surface area (TPSA) is 65.4 Å². The van der Waals surface area contributed by atoms with E-state index in [1.165, 1.54) is 0 Å². The van der Waals surface area contributed by atoms with Crippen LogP contribution in [-0.4, -0.2) is 34.4 Å². The van der Waals surface area contributed by atoms with Crippen molar-refractivity contribution in [1.82, 2.24) is 15.1 Å². The van der Waals surface area contributed by atoms with Gasteiger partial charge in [0, 0.05) is 25.5 Å². The molecule has 1 amide bonds. The van der Waals surface area contributed by atoms with E-state index in [0.29, 0.717) is 18.0 Å². The van der Waals surface area contributed by atoms with E-state index in [4.69, 9.17) is 9.47 Å². The van der Waals surface area contributed by atoms with Crippen LogP contribution in [0, 0.1) is 0 Å². The highest BCUT2D eigenvalue weighted by Crippen LogP contribution is 2.33. The Kier molecular flexibility index (Phi) is 4.27. The van der Waals surface area contributed by atoms with Crippen molar-refractivity contribution in [3.05, 3.63) is 42.7 Å². The van der Waals surface area contributed by atoms with Crippen molar-refractivity contribution in [2.24, 2.45) is 0 Å². The van der Waals surface area contributed by atoms with Crippen molar-refractivity contribution in [2.75, 3.05) is 6.54 Å². The van der Waals surface area contributed by atoms with Gasteiger partial charge < -0.3 is 14.8 Å². The van der Waals surface area contributed by atoms with E-state index < -0.39 is 6.10 Å². The number of carbonyl (C=O) groups is 1. The second-order valence-electron chi connectivity index (χ2n) is 5.22. The number of ether oxygens (including phenoxy) is 2. The summed E-state index contributed by atoms with van der Waals surface area (Å²) in [5, 5.41) is 7.01. The molecule has 6 nitrogen and oxygen atoms in total. The van der Waals surface area contributed by atoms with Crippen LogP contribution in [0.3, 0.4) is 0 Å². The number of aryl methyl sites for hydroxylation is 1. The number of hydrogen-bond acceptors (Lipinski definition) is 4. The lowest BCUT2D eigenvalue weighted by atomic mass is 10.1. The van der Waals surface area contributed by atoms with E-state index in [9.17, 15) is 4.79 Å². The van der Waals surface area contributed by atoms with Gasteiger partial charge in [-0.3, -0.25) is 9.48 Å². The number of hydrogen-bond donors (Lipinski definition) is 1. The van der Waals surface area contributed by atoms with Crippen molar-refractivity contribution in [3.8, 4) is 11.5 Å². The molecule has 0 spiro atoms. The van der Waals surface area contributed by atoms with E-state index in [2.05, 4.69) is 10.4 Å². The van der Waals surface area contributed by atoms with Crippen LogP contribution in [0.1, 0.15) is 13.3 Å². The highest BCUT2D eigenvalue weighted by Gasteiger charge is 2.33. The maximum absolute atomic E-state index is 12.2. The van der Waals surface area contributed by atoms with E-state index in [1.807, 2.05) is 42.1 Å². The van der Waals surface area contributed by atoms with Crippen molar-refractivity contribution in [3.63, 3.8) is 0 Å². The van der Waals surface area contributed by atoms with Crippen LogP contribution in [0.4, 0.5) is 0 Å². The number of fused-ring (bicyclic) bond motifs is 1. The zero-order valence-corrected chi connectivity index (χ0v) is 12.4. The third kappa shape index (κ3) is 3.21. The van der Waals surface area contributed by atoms with E-state index in [0.717, 1.165) is 13.0 Å². The summed E-state index contributed by atoms with van der Waals surface area (Å²) in [6.07, 6.45) is 3.51. The third-order valence-corrected chi connectivity index (χ3v) is 3.52. The number of rotatable bonds is 5. The van der Waals surface area contributed by atoms with Gasteiger partial charge in [-0.15, -0.1) is 0 Å². The Labute approximate surface area is 129 Å². The molecule has 0 fully saturated rings. The van der Waals surface area contributed by atoms with Gasteiger partial charge >= 0.3 is 0 Å². The summed E-state index contributed by atoms with van der Waals surface area (Å²) in [4.78, 5) is 12.2. The van der Waals surface area contributed by atoms with Crippen LogP contribution in [0.15, 0.2) is 42.7 Å². The molecule has 0 unspecified atom stereocenters. The van der Waals surface area contributed by atoms with Gasteiger partial charge in [0.05, 0.1) is 0 Å². The maximum Gasteiger partial charge on any atom is 0.265 e. The summed E-state index contributed by atoms with van der Waals surface area (Å²) in [6, 6.07) is 9.26. The lowest BCUT2D eigenvalue weighted by molar-refractivity contribution is -0.133. The fourth-order valence-corrected chi connectivity index (χ4v) is 2.39. The Morgan fingerprint density at radius 1 is 1.27 bits per heavy atom. The first-order valence-electron chi connectivity index (χ1n) is 7.41. The lowest BCUT2D eigenvalue weighted by Gasteiger charge is -2.31. The normalized spacial score (nSPS) is 19.7. The molecule has 1 aromatic heterocycles. The Bertz CT molecular complexity index is 627. The number of amides is 1. The Morgan fingerprint density at radius 2 is 2.05 bits per heavy atom. The fraction of sp³-hybridized carbons (Fsp3) is 0.375. The highest BCUT2D eigenvalue weighted by molar-refractivity contribution is 5.82. The first-order valence-corrected chi connectivity index (χ1v) is 7.41. The van der Waals surface area contributed by atoms with Crippen molar-refractivity contribution in [1.29, 1.82) is 0 Å². The number of carbonyl (C=O) groups excluding carboxylic acids is 1. The predicted octanol–water partition coefficient (Wildman–Crippen LogP) is 1.62. The molecule has 1 aliphatic heterocycles. The van der Waals surface area contributed by atoms with Gasteiger partial charge in [0.2, 0.25) is 6.10 Å². The first-order chi connectivity index (χ1) is 10.7. The Hall–Kier alpha value is -2.50. The Balaban J connectivity index is 1.50. The summed E-state index contributed by atoms with van der Waals surface area (Å²) in [6.45, 7) is 3.19. The molecular weight excluding hydrogens is 282 g/mol. The van der Waals surface area contributed by atoms with Crippen molar-refractivity contribution >= 4 is 5.91 Å². The molecule has 3 rings (SSSR count). The first kappa shape index (κ1) is 14.4. The molecule has 2 atom stereocenters. The molecule has 1 N–H and O–H groups in total. The zero-order valence-electron chi connectivity index (χ0n) is 12.4. The summed E-state index contributed by atoms with van der Waals surface area (Å²) >= 11 is 0. The van der Waals surface area contributed by atoms with Crippen LogP contribution in [0.25, 0.3) is 0 Å². The largest absolute Gasteiger partial charge is 0.482 e. The molecule has 2 heterocycles. The van der Waals surface area contributed by atoms with Gasteiger partial charge in [-0.2, -0.15) is 5.10 Å². The average Bonchev–Trinajstić information content (AvgIpc) is 3.04. The summed E-state index contributed by atoms with van der Waals surface area (Å²) in [5.41, 5.74) is 0. The number of para-hydroxylation sites is 2. The van der Waals surface area contributed by atoms with E-state index in [-0.39, 0.29) is 12.0 Å². The van der Waals surface area contributed by atoms with Crippen LogP contribution >= 0.6 is 0 Å². The monoisotopic (exact) mass is 301 g/mol. The van der Waals surface area contributed by atoms with Crippen LogP contribution in [-0.2, 0) is 11.3 Å². The van der Waals surface area contributed by atoms with Gasteiger partial charge in [-0.05, 0) is 31.5 Å². The van der Waals surface area contributed by atoms with Crippen LogP contribution in [0.5, 0.6) is 11.5 Å². The molecule has 0 aliphatic carbocycles. The lowest BCUT2D eigenvalue weighted by Crippen LogP contribution is -2.49. The molecule has 22 heavy (non-hydrogen) atoms. The van der Waals surface area contributed by atoms with Gasteiger partial charge in [0.1, 0.15) is 6.10 Å². The minimum Gasteiger partial charge on any atom is -0.482 e. The van der Waals surface area contributed by atoms with Gasteiger partial charge in [0.25, 0.3) is 5.91 Å². The molecule has 2 aromatic rings. The molecule has 0 radical (unpaired) electrons. The van der Waals surface area contributed by atoms with E-state index in [1.54, 1.807) is 12.3 Å². The molecule has 6 heteroatoms. The van der Waals surface area contributed by atoms with E-state index >= 15 is 0 Å². The number of nitrogens with one attached hydrogen (secondary N) is 1. The standard InChI is InChI=1S/C16H19N3O3/c1-12-15(22-14-7-3-2-6-13(14)21-12)16(20)17-8-4-10-19-11-5-9-18-19/h2-3,5-7,9,11-12,15H,4,8,10H2,1H3,(H,17,20)/t12-,15+/m0/s1. The fourth-order valence-electron chi connectivity index (χ4n) is 2.39. The SMILES string of the molecule is C[C@@H]1Oc2ccccc2O[C@H]1C(=O)NCCCn1cccn1. The van der Waals surface area contributed by atoms with Crippen molar-refractivity contribution in [2.45, 2.75) is 32.1 Å². The quantitative estimate of drug-likeness (QED) is 0.852. The molecule has 0 bridgehead atoms. The highest BCUT2D eigenvalue weighted by atomic mass is 16.6. The molecular formula is C16H19N3O3. The molecule has 1 aromatic carbocycles. The van der Waals surface area contributed by atoms with Crippen LogP contribution < -0.4 is 14.8 Å². The number of nitrogens with zero attached hydrogens (tertiary/aromatic N) is 2. The Morgan fingerprint density at radius 3 is 2.77 bits per heavy atom. The number of benzene rings is 1. The van der Waals surface area contributed by atoms with Gasteiger partial charge in [0.15, 0.2) is 11.5 Å². The smallest absolute Gasteiger partial charge is 0.265 e. The maximum atomic E-state index is 12.2.